The molecule has 140 valence electrons. The second kappa shape index (κ2) is 6.57. The zero-order valence-corrected chi connectivity index (χ0v) is 14.6. The van der Waals surface area contributed by atoms with E-state index in [-0.39, 0.29) is 37.3 Å². The molecule has 2 aliphatic heterocycles. The molecule has 0 unspecified atom stereocenters. The van der Waals surface area contributed by atoms with Gasteiger partial charge >= 0.3 is 5.97 Å². The number of carbonyl (C=O) groups is 2. The topological polar surface area (TPSA) is 76.1 Å². The van der Waals surface area contributed by atoms with Gasteiger partial charge in [0.05, 0.1) is 5.92 Å². The van der Waals surface area contributed by atoms with Crippen LogP contribution in [0.15, 0.2) is 36.4 Å². The number of aliphatic carboxylic acids is 1. The smallest absolute Gasteiger partial charge is 0.308 e. The summed E-state index contributed by atoms with van der Waals surface area (Å²) in [6, 6.07) is 9.61. The second-order valence-corrected chi connectivity index (χ2v) is 6.84. The molecule has 1 N–H and O–H groups in total. The van der Waals surface area contributed by atoms with Crippen LogP contribution < -0.4 is 9.47 Å². The predicted octanol–water partition coefficient (Wildman–Crippen LogP) is 2.80. The molecule has 2 aromatic rings. The fraction of sp³-hybridized carbons (Fsp3) is 0.300. The molecule has 2 heterocycles. The summed E-state index contributed by atoms with van der Waals surface area (Å²) in [6.07, 6.45) is 0. The van der Waals surface area contributed by atoms with E-state index in [9.17, 15) is 19.1 Å². The number of ether oxygens (including phenoxy) is 2. The third-order valence-electron chi connectivity index (χ3n) is 5.17. The highest BCUT2D eigenvalue weighted by molar-refractivity contribution is 5.95. The number of benzene rings is 2. The number of carbonyl (C=O) groups excluding carboxylic acids is 1. The van der Waals surface area contributed by atoms with Crippen LogP contribution in [0.3, 0.4) is 0 Å². The van der Waals surface area contributed by atoms with Crippen molar-refractivity contribution in [1.29, 1.82) is 0 Å². The van der Waals surface area contributed by atoms with E-state index in [2.05, 4.69) is 0 Å². The highest BCUT2D eigenvalue weighted by Gasteiger charge is 2.41. The maximum absolute atomic E-state index is 13.8. The van der Waals surface area contributed by atoms with Crippen molar-refractivity contribution < 1.29 is 28.6 Å². The molecule has 2 aliphatic rings. The number of halogens is 1. The number of hydrogen-bond donors (Lipinski definition) is 1. The van der Waals surface area contributed by atoms with Crippen molar-refractivity contribution >= 4 is 11.9 Å². The van der Waals surface area contributed by atoms with Gasteiger partial charge in [0.25, 0.3) is 5.91 Å². The third kappa shape index (κ3) is 3.09. The maximum Gasteiger partial charge on any atom is 0.308 e. The van der Waals surface area contributed by atoms with Crippen LogP contribution in [0, 0.1) is 18.7 Å². The Morgan fingerprint density at radius 2 is 1.89 bits per heavy atom. The van der Waals surface area contributed by atoms with Crippen molar-refractivity contribution in [2.24, 2.45) is 5.92 Å². The highest BCUT2D eigenvalue weighted by Crippen LogP contribution is 2.39. The number of carboxylic acid groups (broad SMARTS) is 1. The third-order valence-corrected chi connectivity index (χ3v) is 5.17. The molecule has 2 atom stereocenters. The molecule has 0 radical (unpaired) electrons. The second-order valence-electron chi connectivity index (χ2n) is 6.84. The predicted molar refractivity (Wildman–Crippen MR) is 93.5 cm³/mol. The molecule has 1 saturated heterocycles. The van der Waals surface area contributed by atoms with Crippen molar-refractivity contribution in [3.63, 3.8) is 0 Å². The fourth-order valence-corrected chi connectivity index (χ4v) is 3.61. The zero-order chi connectivity index (χ0) is 19.1. The van der Waals surface area contributed by atoms with E-state index < -0.39 is 17.7 Å². The Morgan fingerprint density at radius 1 is 1.11 bits per heavy atom. The number of aryl methyl sites for hydroxylation is 1. The largest absolute Gasteiger partial charge is 0.481 e. The van der Waals surface area contributed by atoms with Crippen LogP contribution in [-0.4, -0.2) is 41.8 Å². The van der Waals surface area contributed by atoms with Gasteiger partial charge in [-0.2, -0.15) is 0 Å². The summed E-state index contributed by atoms with van der Waals surface area (Å²) < 4.78 is 24.5. The Labute approximate surface area is 155 Å². The number of amides is 1. The van der Waals surface area contributed by atoms with Crippen molar-refractivity contribution in [3.05, 3.63) is 58.9 Å². The van der Waals surface area contributed by atoms with Gasteiger partial charge in [0, 0.05) is 24.6 Å². The van der Waals surface area contributed by atoms with Crippen molar-refractivity contribution in [1.82, 2.24) is 4.90 Å². The van der Waals surface area contributed by atoms with Gasteiger partial charge in [0.15, 0.2) is 11.5 Å². The summed E-state index contributed by atoms with van der Waals surface area (Å²) in [5, 5.41) is 9.64. The van der Waals surface area contributed by atoms with Crippen LogP contribution >= 0.6 is 0 Å². The summed E-state index contributed by atoms with van der Waals surface area (Å²) in [7, 11) is 0. The van der Waals surface area contributed by atoms with Gasteiger partial charge in [-0.25, -0.2) is 4.39 Å². The minimum atomic E-state index is -0.969. The monoisotopic (exact) mass is 371 g/mol. The van der Waals surface area contributed by atoms with Gasteiger partial charge in [-0.15, -0.1) is 0 Å². The molecule has 6 nitrogen and oxygen atoms in total. The molecular formula is C20H18FNO5. The van der Waals surface area contributed by atoms with Gasteiger partial charge in [0.1, 0.15) is 5.82 Å². The van der Waals surface area contributed by atoms with Gasteiger partial charge < -0.3 is 19.5 Å². The molecule has 1 fully saturated rings. The molecule has 27 heavy (non-hydrogen) atoms. The molecular weight excluding hydrogens is 353 g/mol. The van der Waals surface area contributed by atoms with Crippen LogP contribution in [0.4, 0.5) is 4.39 Å². The first kappa shape index (κ1) is 17.3. The zero-order valence-electron chi connectivity index (χ0n) is 14.6. The van der Waals surface area contributed by atoms with E-state index in [1.165, 1.54) is 11.0 Å². The van der Waals surface area contributed by atoms with Gasteiger partial charge in [-0.05, 0) is 42.3 Å². The van der Waals surface area contributed by atoms with Crippen LogP contribution in [0.5, 0.6) is 11.5 Å². The SMILES string of the molecule is Cc1ccc(C(=O)N2C[C@H](C(=O)O)[C@@H](c3ccc4c(c3)OCO4)C2)cc1F. The normalized spacial score (nSPS) is 20.7. The molecule has 2 aromatic carbocycles. The van der Waals surface area contributed by atoms with Gasteiger partial charge in [-0.3, -0.25) is 9.59 Å². The number of nitrogens with zero attached hydrogens (tertiary/aromatic N) is 1. The molecule has 1 amide bonds. The van der Waals surface area contributed by atoms with Crippen molar-refractivity contribution in [2.75, 3.05) is 19.9 Å². The molecule has 0 bridgehead atoms. The number of carboxylic acids is 1. The number of likely N-dealkylation sites (tertiary alicyclic amines) is 1. The fourth-order valence-electron chi connectivity index (χ4n) is 3.61. The summed E-state index contributed by atoms with van der Waals surface area (Å²) in [4.78, 5) is 26.0. The number of fused-ring (bicyclic) bond motifs is 1. The van der Waals surface area contributed by atoms with Crippen molar-refractivity contribution in [2.45, 2.75) is 12.8 Å². The average molecular weight is 371 g/mol. The number of rotatable bonds is 3. The lowest BCUT2D eigenvalue weighted by molar-refractivity contribution is -0.141. The van der Waals surface area contributed by atoms with E-state index in [4.69, 9.17) is 9.47 Å². The van der Waals surface area contributed by atoms with Gasteiger partial charge in [-0.1, -0.05) is 12.1 Å². The summed E-state index contributed by atoms with van der Waals surface area (Å²) in [5.41, 5.74) is 1.44. The lowest BCUT2D eigenvalue weighted by Crippen LogP contribution is -2.30. The molecule has 0 aliphatic carbocycles. The first-order valence-corrected chi connectivity index (χ1v) is 8.62. The quantitative estimate of drug-likeness (QED) is 0.898. The average Bonchev–Trinajstić information content (AvgIpc) is 3.29. The standard InChI is InChI=1S/C20H18FNO5/c1-11-2-3-13(6-16(11)21)19(23)22-8-14(15(9-22)20(24)25)12-4-5-17-18(7-12)27-10-26-17/h2-7,14-15H,8-10H2,1H3,(H,24,25)/t14-,15+/m1/s1. The minimum Gasteiger partial charge on any atom is -0.481 e. The maximum atomic E-state index is 13.8. The summed E-state index contributed by atoms with van der Waals surface area (Å²) in [5.74, 6) is -1.73. The Bertz CT molecular complexity index is 929. The Hall–Kier alpha value is -3.09. The van der Waals surface area contributed by atoms with Crippen molar-refractivity contribution in [3.8, 4) is 11.5 Å². The Kier molecular flexibility index (Phi) is 4.22. The minimum absolute atomic E-state index is 0.0722. The number of hydrogen-bond acceptors (Lipinski definition) is 4. The van der Waals surface area contributed by atoms with E-state index in [1.54, 1.807) is 37.3 Å². The Morgan fingerprint density at radius 3 is 2.63 bits per heavy atom. The highest BCUT2D eigenvalue weighted by atomic mass is 19.1. The van der Waals surface area contributed by atoms with E-state index in [0.717, 1.165) is 5.56 Å². The van der Waals surface area contributed by atoms with E-state index in [0.29, 0.717) is 17.1 Å². The lowest BCUT2D eigenvalue weighted by Gasteiger charge is -2.17. The van der Waals surface area contributed by atoms with Crippen LogP contribution in [0.2, 0.25) is 0 Å². The van der Waals surface area contributed by atoms with Gasteiger partial charge in [0.2, 0.25) is 6.79 Å². The molecule has 7 heteroatoms. The molecule has 0 saturated carbocycles. The first-order chi connectivity index (χ1) is 12.9. The molecule has 0 spiro atoms. The first-order valence-electron chi connectivity index (χ1n) is 8.62. The van der Waals surface area contributed by atoms with E-state index >= 15 is 0 Å². The summed E-state index contributed by atoms with van der Waals surface area (Å²) >= 11 is 0. The summed E-state index contributed by atoms with van der Waals surface area (Å²) in [6.45, 7) is 2.07. The van der Waals surface area contributed by atoms with Crippen LogP contribution in [0.25, 0.3) is 0 Å². The lowest BCUT2D eigenvalue weighted by atomic mass is 9.89. The van der Waals surface area contributed by atoms with E-state index in [1.807, 2.05) is 0 Å². The van der Waals surface area contributed by atoms with Crippen LogP contribution in [-0.2, 0) is 4.79 Å². The molecule has 0 aromatic heterocycles. The Balaban J connectivity index is 1.61. The van der Waals surface area contributed by atoms with Crippen LogP contribution in [0.1, 0.15) is 27.4 Å². The molecule has 4 rings (SSSR count).